The van der Waals surface area contributed by atoms with E-state index in [4.69, 9.17) is 0 Å². The van der Waals surface area contributed by atoms with Gasteiger partial charge < -0.3 is 5.32 Å². The molecule has 0 aliphatic carbocycles. The average molecular weight is 428 g/mol. The van der Waals surface area contributed by atoms with Crippen molar-refractivity contribution in [2.45, 2.75) is 22.8 Å². The molecular formula is C21H21N3O3S2. The lowest BCUT2D eigenvalue weighted by molar-refractivity contribution is -0.115. The smallest absolute Gasteiger partial charge is 0.261 e. The number of sulfonamides is 1. The van der Waals surface area contributed by atoms with Gasteiger partial charge >= 0.3 is 0 Å². The van der Waals surface area contributed by atoms with Crippen LogP contribution in [0.25, 0.3) is 0 Å². The van der Waals surface area contributed by atoms with Gasteiger partial charge in [0.2, 0.25) is 5.91 Å². The maximum absolute atomic E-state index is 12.4. The quantitative estimate of drug-likeness (QED) is 0.564. The summed E-state index contributed by atoms with van der Waals surface area (Å²) in [5.41, 5.74) is 2.09. The number of hydrogen-bond acceptors (Lipinski definition) is 5. The number of hydrogen-bond donors (Lipinski definition) is 2. The number of pyridine rings is 1. The zero-order chi connectivity index (χ0) is 20.7. The summed E-state index contributed by atoms with van der Waals surface area (Å²) in [6.07, 6.45) is 3.00. The van der Waals surface area contributed by atoms with E-state index in [1.807, 2.05) is 37.3 Å². The predicted octanol–water partition coefficient (Wildman–Crippen LogP) is 4.14. The van der Waals surface area contributed by atoms with Crippen molar-refractivity contribution in [1.29, 1.82) is 0 Å². The van der Waals surface area contributed by atoms with Gasteiger partial charge in [-0.1, -0.05) is 30.3 Å². The fourth-order valence-electron chi connectivity index (χ4n) is 2.47. The number of aromatic nitrogens is 1. The summed E-state index contributed by atoms with van der Waals surface area (Å²) in [4.78, 5) is 16.4. The van der Waals surface area contributed by atoms with E-state index >= 15 is 0 Å². The van der Waals surface area contributed by atoms with Gasteiger partial charge in [0.15, 0.2) is 0 Å². The number of rotatable bonds is 8. The molecule has 8 heteroatoms. The molecule has 0 fully saturated rings. The lowest BCUT2D eigenvalue weighted by Gasteiger charge is -2.13. The SMILES string of the molecule is C[C@H](SCc1ccccc1)C(=O)Nc1ccc(S(=O)(=O)Nc2cccnc2)cc1. The molecule has 1 atom stereocenters. The van der Waals surface area contributed by atoms with E-state index in [2.05, 4.69) is 15.0 Å². The van der Waals surface area contributed by atoms with E-state index in [9.17, 15) is 13.2 Å². The molecule has 1 heterocycles. The molecule has 3 rings (SSSR count). The highest BCUT2D eigenvalue weighted by molar-refractivity contribution is 7.99. The van der Waals surface area contributed by atoms with E-state index in [-0.39, 0.29) is 16.1 Å². The van der Waals surface area contributed by atoms with Crippen LogP contribution in [0.1, 0.15) is 12.5 Å². The highest BCUT2D eigenvalue weighted by Gasteiger charge is 2.16. The van der Waals surface area contributed by atoms with Crippen molar-refractivity contribution in [1.82, 2.24) is 4.98 Å². The molecular weight excluding hydrogens is 406 g/mol. The first-order valence-electron chi connectivity index (χ1n) is 8.93. The molecule has 6 nitrogen and oxygen atoms in total. The van der Waals surface area contributed by atoms with Crippen LogP contribution in [0.5, 0.6) is 0 Å². The molecule has 2 N–H and O–H groups in total. The van der Waals surface area contributed by atoms with Crippen LogP contribution >= 0.6 is 11.8 Å². The molecule has 29 heavy (non-hydrogen) atoms. The third kappa shape index (κ3) is 6.07. The van der Waals surface area contributed by atoms with Crippen molar-refractivity contribution in [3.63, 3.8) is 0 Å². The van der Waals surface area contributed by atoms with E-state index in [1.54, 1.807) is 42.2 Å². The standard InChI is InChI=1S/C21H21N3O3S2/c1-16(28-15-17-6-3-2-4-7-17)21(25)23-18-9-11-20(12-10-18)29(26,27)24-19-8-5-13-22-14-19/h2-14,16,24H,15H2,1H3,(H,23,25)/t16-/m0/s1. The Bertz CT molecular complexity index is 1040. The lowest BCUT2D eigenvalue weighted by Crippen LogP contribution is -2.22. The van der Waals surface area contributed by atoms with Gasteiger partial charge in [0.25, 0.3) is 10.0 Å². The van der Waals surface area contributed by atoms with Crippen molar-refractivity contribution in [2.75, 3.05) is 10.0 Å². The predicted molar refractivity (Wildman–Crippen MR) is 117 cm³/mol. The van der Waals surface area contributed by atoms with Crippen LogP contribution in [0.3, 0.4) is 0 Å². The van der Waals surface area contributed by atoms with Crippen molar-refractivity contribution < 1.29 is 13.2 Å². The molecule has 0 saturated heterocycles. The fraction of sp³-hybridized carbons (Fsp3) is 0.143. The van der Waals surface area contributed by atoms with Crippen LogP contribution in [0, 0.1) is 0 Å². The second-order valence-electron chi connectivity index (χ2n) is 6.30. The molecule has 1 aromatic heterocycles. The number of amides is 1. The number of anilines is 2. The Labute approximate surface area is 174 Å². The van der Waals surface area contributed by atoms with E-state index in [0.717, 1.165) is 11.3 Å². The monoisotopic (exact) mass is 427 g/mol. The van der Waals surface area contributed by atoms with Crippen LogP contribution < -0.4 is 10.0 Å². The van der Waals surface area contributed by atoms with Gasteiger partial charge in [-0.3, -0.25) is 14.5 Å². The third-order valence-corrected chi connectivity index (χ3v) is 6.67. The van der Waals surface area contributed by atoms with Crippen molar-refractivity contribution >= 4 is 39.1 Å². The second kappa shape index (κ2) is 9.58. The zero-order valence-electron chi connectivity index (χ0n) is 15.8. The van der Waals surface area contributed by atoms with E-state index < -0.39 is 10.0 Å². The van der Waals surface area contributed by atoms with Gasteiger partial charge in [0.05, 0.1) is 22.0 Å². The minimum atomic E-state index is -3.72. The van der Waals surface area contributed by atoms with Crippen molar-refractivity contribution in [2.24, 2.45) is 0 Å². The molecule has 1 amide bonds. The molecule has 0 aliphatic rings. The molecule has 0 radical (unpaired) electrons. The van der Waals surface area contributed by atoms with Gasteiger partial charge in [-0.25, -0.2) is 8.42 Å². The Morgan fingerprint density at radius 2 is 1.72 bits per heavy atom. The summed E-state index contributed by atoms with van der Waals surface area (Å²) >= 11 is 1.54. The zero-order valence-corrected chi connectivity index (χ0v) is 17.4. The summed E-state index contributed by atoms with van der Waals surface area (Å²) < 4.78 is 27.3. The Morgan fingerprint density at radius 3 is 2.38 bits per heavy atom. The third-order valence-electron chi connectivity index (χ3n) is 4.06. The Hall–Kier alpha value is -2.84. The van der Waals surface area contributed by atoms with Crippen molar-refractivity contribution in [3.8, 4) is 0 Å². The number of benzene rings is 2. The van der Waals surface area contributed by atoms with Gasteiger partial charge in [0, 0.05) is 17.6 Å². The number of nitrogens with one attached hydrogen (secondary N) is 2. The molecule has 150 valence electrons. The Balaban J connectivity index is 1.57. The number of carbonyl (C=O) groups is 1. The van der Waals surface area contributed by atoms with E-state index in [0.29, 0.717) is 11.4 Å². The molecule has 0 spiro atoms. The second-order valence-corrected chi connectivity index (χ2v) is 9.31. The summed E-state index contributed by atoms with van der Waals surface area (Å²) in [5, 5.41) is 2.58. The van der Waals surface area contributed by atoms with Gasteiger partial charge in [-0.05, 0) is 48.9 Å². The Kier molecular flexibility index (Phi) is 6.90. The largest absolute Gasteiger partial charge is 0.325 e. The maximum Gasteiger partial charge on any atom is 0.261 e. The summed E-state index contributed by atoms with van der Waals surface area (Å²) in [6, 6.07) is 19.3. The minimum absolute atomic E-state index is 0.103. The molecule has 0 saturated carbocycles. The van der Waals surface area contributed by atoms with Gasteiger partial charge in [-0.2, -0.15) is 0 Å². The summed E-state index contributed by atoms with van der Waals surface area (Å²) in [5.74, 6) is 0.613. The molecule has 0 aliphatic heterocycles. The Morgan fingerprint density at radius 1 is 1.00 bits per heavy atom. The van der Waals surface area contributed by atoms with Crippen LogP contribution in [0.2, 0.25) is 0 Å². The molecule has 3 aromatic rings. The van der Waals surface area contributed by atoms with Crippen LogP contribution in [-0.4, -0.2) is 24.6 Å². The first-order valence-corrected chi connectivity index (χ1v) is 11.5. The minimum Gasteiger partial charge on any atom is -0.325 e. The van der Waals surface area contributed by atoms with Gasteiger partial charge in [-0.15, -0.1) is 11.8 Å². The average Bonchev–Trinajstić information content (AvgIpc) is 2.73. The lowest BCUT2D eigenvalue weighted by atomic mass is 10.2. The number of nitrogens with zero attached hydrogens (tertiary/aromatic N) is 1. The van der Waals surface area contributed by atoms with Crippen LogP contribution in [0.4, 0.5) is 11.4 Å². The first-order chi connectivity index (χ1) is 13.9. The highest BCUT2D eigenvalue weighted by Crippen LogP contribution is 2.21. The highest BCUT2D eigenvalue weighted by atomic mass is 32.2. The fourth-order valence-corrected chi connectivity index (χ4v) is 4.36. The topological polar surface area (TPSA) is 88.2 Å². The first kappa shape index (κ1) is 20.9. The molecule has 2 aromatic carbocycles. The van der Waals surface area contributed by atoms with Crippen molar-refractivity contribution in [3.05, 3.63) is 84.7 Å². The number of carbonyl (C=O) groups excluding carboxylic acids is 1. The maximum atomic E-state index is 12.4. The van der Waals surface area contributed by atoms with Gasteiger partial charge in [0.1, 0.15) is 0 Å². The molecule has 0 unspecified atom stereocenters. The summed E-state index contributed by atoms with van der Waals surface area (Å²) in [6.45, 7) is 1.85. The van der Waals surface area contributed by atoms with Crippen LogP contribution in [-0.2, 0) is 20.6 Å². The molecule has 0 bridgehead atoms. The number of thioether (sulfide) groups is 1. The summed E-state index contributed by atoms with van der Waals surface area (Å²) in [7, 11) is -3.72. The normalized spacial score (nSPS) is 12.2. The van der Waals surface area contributed by atoms with E-state index in [1.165, 1.54) is 18.3 Å². The van der Waals surface area contributed by atoms with Crippen LogP contribution in [0.15, 0.2) is 84.0 Å².